The van der Waals surface area contributed by atoms with Crippen molar-refractivity contribution < 1.29 is 14.3 Å². The van der Waals surface area contributed by atoms with Crippen molar-refractivity contribution in [3.8, 4) is 11.5 Å². The molecule has 2 heterocycles. The van der Waals surface area contributed by atoms with Gasteiger partial charge in [0, 0.05) is 37.7 Å². The monoisotopic (exact) mass is 347 g/mol. The molecule has 0 saturated carbocycles. The van der Waals surface area contributed by atoms with Crippen molar-refractivity contribution in [2.75, 3.05) is 26.0 Å². The van der Waals surface area contributed by atoms with Crippen molar-refractivity contribution >= 4 is 17.7 Å². The van der Waals surface area contributed by atoms with E-state index < -0.39 is 0 Å². The first-order chi connectivity index (χ1) is 11.8. The highest BCUT2D eigenvalue weighted by Gasteiger charge is 2.29. The highest BCUT2D eigenvalue weighted by molar-refractivity contribution is 8.00. The van der Waals surface area contributed by atoms with Gasteiger partial charge < -0.3 is 18.9 Å². The lowest BCUT2D eigenvalue weighted by Gasteiger charge is -2.24. The number of benzene rings is 1. The van der Waals surface area contributed by atoms with Gasteiger partial charge in [-0.05, 0) is 12.1 Å². The Labute approximate surface area is 145 Å². The average Bonchev–Trinajstić information content (AvgIpc) is 3.29. The number of hydrogen-bond acceptors (Lipinski definition) is 5. The van der Waals surface area contributed by atoms with Crippen molar-refractivity contribution in [1.29, 1.82) is 0 Å². The molecule has 24 heavy (non-hydrogen) atoms. The predicted molar refractivity (Wildman–Crippen MR) is 93.3 cm³/mol. The molecule has 1 aromatic heterocycles. The van der Waals surface area contributed by atoms with Gasteiger partial charge in [0.1, 0.15) is 12.0 Å². The maximum Gasteiger partial charge on any atom is 0.225 e. The molecule has 6 nitrogen and oxygen atoms in total. The van der Waals surface area contributed by atoms with Crippen molar-refractivity contribution in [3.63, 3.8) is 0 Å². The summed E-state index contributed by atoms with van der Waals surface area (Å²) in [5.41, 5.74) is 0. The summed E-state index contributed by atoms with van der Waals surface area (Å²) in [5.74, 6) is 2.51. The number of aromatic nitrogens is 2. The number of thioether (sulfide) groups is 1. The zero-order valence-corrected chi connectivity index (χ0v) is 14.4. The lowest BCUT2D eigenvalue weighted by atomic mass is 10.3. The molecule has 1 atom stereocenters. The molecule has 1 unspecified atom stereocenters. The number of ether oxygens (including phenoxy) is 2. The summed E-state index contributed by atoms with van der Waals surface area (Å²) < 4.78 is 13.1. The Morgan fingerprint density at radius 2 is 2.21 bits per heavy atom. The van der Waals surface area contributed by atoms with Crippen LogP contribution in [0.25, 0.3) is 0 Å². The molecule has 0 spiro atoms. The SMILES string of the molecule is COc1ccccc1OCC1SCCN1C(=O)CCn1ccnc1. The van der Waals surface area contributed by atoms with Gasteiger partial charge in [-0.1, -0.05) is 12.1 Å². The molecule has 0 bridgehead atoms. The van der Waals surface area contributed by atoms with Crippen LogP contribution in [0.3, 0.4) is 0 Å². The third-order valence-corrected chi connectivity index (χ3v) is 5.10. The lowest BCUT2D eigenvalue weighted by Crippen LogP contribution is -2.38. The largest absolute Gasteiger partial charge is 0.493 e. The quantitative estimate of drug-likeness (QED) is 0.769. The number of methoxy groups -OCH3 is 1. The third kappa shape index (κ3) is 4.03. The van der Waals surface area contributed by atoms with Gasteiger partial charge in [-0.25, -0.2) is 4.98 Å². The van der Waals surface area contributed by atoms with Gasteiger partial charge in [0.05, 0.1) is 13.4 Å². The number of carbonyl (C=O) groups is 1. The fraction of sp³-hybridized carbons (Fsp3) is 0.412. The predicted octanol–water partition coefficient (Wildman–Crippen LogP) is 2.26. The molecule has 7 heteroatoms. The number of hydrogen-bond donors (Lipinski definition) is 0. The smallest absolute Gasteiger partial charge is 0.225 e. The highest BCUT2D eigenvalue weighted by Crippen LogP contribution is 2.29. The normalized spacial score (nSPS) is 17.0. The van der Waals surface area contributed by atoms with Crippen LogP contribution in [0.4, 0.5) is 0 Å². The minimum absolute atomic E-state index is 0.0465. The van der Waals surface area contributed by atoms with Crippen LogP contribution in [0.5, 0.6) is 11.5 Å². The first kappa shape index (κ1) is 16.7. The Hall–Kier alpha value is -2.15. The standard InChI is InChI=1S/C17H21N3O3S/c1-22-14-4-2-3-5-15(14)23-12-17-20(10-11-24-17)16(21)6-8-19-9-7-18-13-19/h2-5,7,9,13,17H,6,8,10-12H2,1H3. The van der Waals surface area contributed by atoms with Crippen LogP contribution in [0.2, 0.25) is 0 Å². The Morgan fingerprint density at radius 3 is 2.96 bits per heavy atom. The van der Waals surface area contributed by atoms with Crippen LogP contribution in [-0.4, -0.2) is 51.7 Å². The minimum Gasteiger partial charge on any atom is -0.493 e. The van der Waals surface area contributed by atoms with Crippen LogP contribution in [0.15, 0.2) is 43.0 Å². The summed E-state index contributed by atoms with van der Waals surface area (Å²) in [6.45, 7) is 1.88. The number of imidazole rings is 1. The summed E-state index contributed by atoms with van der Waals surface area (Å²) in [6.07, 6.45) is 5.80. The first-order valence-corrected chi connectivity index (χ1v) is 8.95. The topological polar surface area (TPSA) is 56.6 Å². The van der Waals surface area contributed by atoms with Gasteiger partial charge in [-0.2, -0.15) is 0 Å². The van der Waals surface area contributed by atoms with Gasteiger partial charge in [0.15, 0.2) is 11.5 Å². The van der Waals surface area contributed by atoms with Crippen LogP contribution in [0.1, 0.15) is 6.42 Å². The van der Waals surface area contributed by atoms with Crippen LogP contribution >= 0.6 is 11.8 Å². The molecule has 1 fully saturated rings. The van der Waals surface area contributed by atoms with Crippen LogP contribution in [-0.2, 0) is 11.3 Å². The third-order valence-electron chi connectivity index (χ3n) is 3.90. The van der Waals surface area contributed by atoms with Gasteiger partial charge in [-0.15, -0.1) is 11.8 Å². The first-order valence-electron chi connectivity index (χ1n) is 7.90. The van der Waals surface area contributed by atoms with E-state index in [1.807, 2.05) is 39.9 Å². The van der Waals surface area contributed by atoms with E-state index in [1.54, 1.807) is 31.4 Å². The Balaban J connectivity index is 1.54. The maximum absolute atomic E-state index is 12.5. The second-order valence-electron chi connectivity index (χ2n) is 5.42. The molecule has 0 N–H and O–H groups in total. The number of nitrogens with zero attached hydrogens (tertiary/aromatic N) is 3. The van der Waals surface area contributed by atoms with E-state index in [4.69, 9.17) is 9.47 Å². The van der Waals surface area contributed by atoms with E-state index in [0.717, 1.165) is 12.3 Å². The summed E-state index contributed by atoms with van der Waals surface area (Å²) in [5, 5.41) is 0.0465. The molecular weight excluding hydrogens is 326 g/mol. The zero-order valence-electron chi connectivity index (χ0n) is 13.6. The molecule has 1 aliphatic heterocycles. The zero-order chi connectivity index (χ0) is 16.8. The molecule has 0 aliphatic carbocycles. The summed E-state index contributed by atoms with van der Waals surface area (Å²) in [6, 6.07) is 7.56. The number of carbonyl (C=O) groups excluding carboxylic acids is 1. The fourth-order valence-electron chi connectivity index (χ4n) is 2.63. The molecule has 128 valence electrons. The Morgan fingerprint density at radius 1 is 1.38 bits per heavy atom. The molecular formula is C17H21N3O3S. The van der Waals surface area contributed by atoms with E-state index >= 15 is 0 Å². The molecule has 1 amide bonds. The van der Waals surface area contributed by atoms with Crippen molar-refractivity contribution in [1.82, 2.24) is 14.5 Å². The summed E-state index contributed by atoms with van der Waals surface area (Å²) >= 11 is 1.75. The maximum atomic E-state index is 12.5. The molecule has 1 aromatic carbocycles. The van der Waals surface area contributed by atoms with E-state index in [-0.39, 0.29) is 11.3 Å². The number of aryl methyl sites for hydroxylation is 1. The number of amides is 1. The van der Waals surface area contributed by atoms with Crippen LogP contribution in [0, 0.1) is 0 Å². The van der Waals surface area contributed by atoms with E-state index in [9.17, 15) is 4.79 Å². The molecule has 2 aromatic rings. The van der Waals surface area contributed by atoms with Crippen LogP contribution < -0.4 is 9.47 Å². The fourth-order valence-corrected chi connectivity index (χ4v) is 3.77. The second-order valence-corrected chi connectivity index (χ2v) is 6.71. The van der Waals surface area contributed by atoms with E-state index in [2.05, 4.69) is 4.98 Å². The van der Waals surface area contributed by atoms with Gasteiger partial charge in [0.2, 0.25) is 5.91 Å². The average molecular weight is 347 g/mol. The van der Waals surface area contributed by atoms with E-state index in [0.29, 0.717) is 31.1 Å². The van der Waals surface area contributed by atoms with Crippen molar-refractivity contribution in [3.05, 3.63) is 43.0 Å². The second kappa shape index (κ2) is 8.10. The Kier molecular flexibility index (Phi) is 5.63. The Bertz CT molecular complexity index is 663. The number of para-hydroxylation sites is 2. The molecule has 0 radical (unpaired) electrons. The molecule has 3 rings (SSSR count). The van der Waals surface area contributed by atoms with Gasteiger partial charge in [0.25, 0.3) is 0 Å². The van der Waals surface area contributed by atoms with E-state index in [1.165, 1.54) is 0 Å². The van der Waals surface area contributed by atoms with Crippen molar-refractivity contribution in [2.24, 2.45) is 0 Å². The number of rotatable bonds is 7. The van der Waals surface area contributed by atoms with Gasteiger partial charge in [-0.3, -0.25) is 4.79 Å². The van der Waals surface area contributed by atoms with Crippen molar-refractivity contribution in [2.45, 2.75) is 18.3 Å². The van der Waals surface area contributed by atoms with Gasteiger partial charge >= 0.3 is 0 Å². The minimum atomic E-state index is 0.0465. The summed E-state index contributed by atoms with van der Waals surface area (Å²) in [7, 11) is 1.62. The summed E-state index contributed by atoms with van der Waals surface area (Å²) in [4.78, 5) is 18.4. The highest BCUT2D eigenvalue weighted by atomic mass is 32.2. The molecule has 1 saturated heterocycles. The lowest BCUT2D eigenvalue weighted by molar-refractivity contribution is -0.131. The molecule has 1 aliphatic rings.